The number of aryl methyl sites for hydroxylation is 2. The van der Waals surface area contributed by atoms with Crippen LogP contribution in [0.5, 0.6) is 0 Å². The van der Waals surface area contributed by atoms with Crippen LogP contribution in [0.2, 0.25) is 0 Å². The predicted molar refractivity (Wildman–Crippen MR) is 129 cm³/mol. The van der Waals surface area contributed by atoms with Gasteiger partial charge in [0.05, 0.1) is 4.90 Å². The number of hydrogen-bond acceptors (Lipinski definition) is 4. The molecule has 3 rings (SSSR count). The van der Waals surface area contributed by atoms with Crippen LogP contribution < -0.4 is 14.9 Å². The Hall–Kier alpha value is -3.65. The molecule has 0 radical (unpaired) electrons. The number of urea groups is 1. The molecule has 0 aliphatic rings. The van der Waals surface area contributed by atoms with Crippen molar-refractivity contribution in [1.29, 1.82) is 0 Å². The van der Waals surface area contributed by atoms with E-state index in [1.54, 1.807) is 38.2 Å². The normalized spacial score (nSPS) is 12.0. The minimum absolute atomic E-state index is 0.00275. The number of hydrogen-bond donors (Lipinski definition) is 2. The van der Waals surface area contributed by atoms with Crippen LogP contribution in [0.4, 0.5) is 10.5 Å². The van der Waals surface area contributed by atoms with Crippen LogP contribution in [0.25, 0.3) is 0 Å². The summed E-state index contributed by atoms with van der Waals surface area (Å²) in [6, 6.07) is 21.1. The second kappa shape index (κ2) is 10.3. The number of likely N-dealkylation sites (N-methyl/N-ethyl adjacent to an activating group) is 1. The molecule has 0 aliphatic heterocycles. The largest absolute Gasteiger partial charge is 0.329 e. The van der Waals surface area contributed by atoms with E-state index in [-0.39, 0.29) is 17.2 Å². The summed E-state index contributed by atoms with van der Waals surface area (Å²) in [5.74, 6) is -0.368. The Morgan fingerprint density at radius 3 is 2.24 bits per heavy atom. The molecule has 3 amide bonds. The molecule has 0 aliphatic carbocycles. The van der Waals surface area contributed by atoms with E-state index in [1.165, 1.54) is 11.0 Å². The molecule has 3 aromatic carbocycles. The summed E-state index contributed by atoms with van der Waals surface area (Å²) in [7, 11) is -2.48. The van der Waals surface area contributed by atoms with Crippen LogP contribution in [0.15, 0.2) is 83.8 Å². The monoisotopic (exact) mass is 465 g/mol. The van der Waals surface area contributed by atoms with Gasteiger partial charge in [-0.1, -0.05) is 60.7 Å². The van der Waals surface area contributed by atoms with Gasteiger partial charge in [-0.25, -0.2) is 17.9 Å². The zero-order chi connectivity index (χ0) is 24.0. The third kappa shape index (κ3) is 6.20. The Bertz CT molecular complexity index is 1240. The Morgan fingerprint density at radius 1 is 0.909 bits per heavy atom. The number of benzene rings is 3. The fourth-order valence-electron chi connectivity index (χ4n) is 3.47. The van der Waals surface area contributed by atoms with E-state index in [0.717, 1.165) is 11.1 Å². The van der Waals surface area contributed by atoms with E-state index >= 15 is 0 Å². The van der Waals surface area contributed by atoms with Crippen LogP contribution in [0, 0.1) is 13.8 Å². The lowest BCUT2D eigenvalue weighted by atomic mass is 10.0. The summed E-state index contributed by atoms with van der Waals surface area (Å²) in [5, 5.41) is 2.56. The third-order valence-electron chi connectivity index (χ3n) is 5.22. The SMILES string of the molecule is Cc1cccc(N(C)C(=O)C(Cc2ccccc2)NC(=O)NS(=O)(=O)c2ccccc2C)c1. The van der Waals surface area contributed by atoms with Crippen LogP contribution in [0.1, 0.15) is 16.7 Å². The van der Waals surface area contributed by atoms with Gasteiger partial charge in [0.2, 0.25) is 5.91 Å². The summed E-state index contributed by atoms with van der Waals surface area (Å²) >= 11 is 0. The van der Waals surface area contributed by atoms with Crippen LogP contribution in [-0.4, -0.2) is 33.4 Å². The van der Waals surface area contributed by atoms with Crippen molar-refractivity contribution in [2.24, 2.45) is 0 Å². The van der Waals surface area contributed by atoms with Crippen molar-refractivity contribution in [1.82, 2.24) is 10.0 Å². The highest BCUT2D eigenvalue weighted by atomic mass is 32.2. The van der Waals surface area contributed by atoms with E-state index in [2.05, 4.69) is 5.32 Å². The van der Waals surface area contributed by atoms with Crippen molar-refractivity contribution >= 4 is 27.6 Å². The third-order valence-corrected chi connectivity index (χ3v) is 6.71. The highest BCUT2D eigenvalue weighted by molar-refractivity contribution is 7.90. The van der Waals surface area contributed by atoms with Gasteiger partial charge < -0.3 is 10.2 Å². The lowest BCUT2D eigenvalue weighted by molar-refractivity contribution is -0.120. The molecule has 3 aromatic rings. The number of nitrogens with one attached hydrogen (secondary N) is 2. The Balaban J connectivity index is 1.82. The molecule has 2 N–H and O–H groups in total. The fourth-order valence-corrected chi connectivity index (χ4v) is 4.63. The lowest BCUT2D eigenvalue weighted by Gasteiger charge is -2.25. The number of anilines is 1. The minimum Gasteiger partial charge on any atom is -0.325 e. The summed E-state index contributed by atoms with van der Waals surface area (Å²) in [5.41, 5.74) is 3.00. The first-order chi connectivity index (χ1) is 15.7. The quantitative estimate of drug-likeness (QED) is 0.558. The maximum atomic E-state index is 13.3. The van der Waals surface area contributed by atoms with Gasteiger partial charge in [-0.2, -0.15) is 0 Å². The molecule has 0 saturated heterocycles. The zero-order valence-corrected chi connectivity index (χ0v) is 19.6. The van der Waals surface area contributed by atoms with Gasteiger partial charge >= 0.3 is 6.03 Å². The summed E-state index contributed by atoms with van der Waals surface area (Å²) < 4.78 is 27.4. The van der Waals surface area contributed by atoms with Crippen LogP contribution >= 0.6 is 0 Å². The summed E-state index contributed by atoms with van der Waals surface area (Å²) in [6.45, 7) is 3.57. The van der Waals surface area contributed by atoms with Crippen molar-refractivity contribution in [2.45, 2.75) is 31.2 Å². The molecule has 33 heavy (non-hydrogen) atoms. The molecule has 0 spiro atoms. The minimum atomic E-state index is -4.10. The molecule has 1 unspecified atom stereocenters. The van der Waals surface area contributed by atoms with Crippen LogP contribution in [-0.2, 0) is 21.2 Å². The number of nitrogens with zero attached hydrogens (tertiary/aromatic N) is 1. The van der Waals surface area contributed by atoms with E-state index in [0.29, 0.717) is 11.3 Å². The number of amides is 3. The predicted octanol–water partition coefficient (Wildman–Crippen LogP) is 3.57. The van der Waals surface area contributed by atoms with Crippen LogP contribution in [0.3, 0.4) is 0 Å². The van der Waals surface area contributed by atoms with Crippen molar-refractivity contribution in [3.8, 4) is 0 Å². The van der Waals surface area contributed by atoms with Gasteiger partial charge in [0.15, 0.2) is 0 Å². The first-order valence-electron chi connectivity index (χ1n) is 10.4. The van der Waals surface area contributed by atoms with Gasteiger partial charge in [-0.15, -0.1) is 0 Å². The van der Waals surface area contributed by atoms with Gasteiger partial charge in [0.1, 0.15) is 6.04 Å². The van der Waals surface area contributed by atoms with Crippen molar-refractivity contribution in [3.05, 3.63) is 95.6 Å². The van der Waals surface area contributed by atoms with E-state index in [9.17, 15) is 18.0 Å². The smallest absolute Gasteiger partial charge is 0.325 e. The molecule has 0 saturated carbocycles. The molecular weight excluding hydrogens is 438 g/mol. The van der Waals surface area contributed by atoms with Gasteiger partial charge in [-0.3, -0.25) is 4.79 Å². The molecule has 0 fully saturated rings. The highest BCUT2D eigenvalue weighted by Gasteiger charge is 2.27. The molecule has 1 atom stereocenters. The average molecular weight is 466 g/mol. The lowest BCUT2D eigenvalue weighted by Crippen LogP contribution is -2.52. The van der Waals surface area contributed by atoms with Gasteiger partial charge in [-0.05, 0) is 48.7 Å². The van der Waals surface area contributed by atoms with Crippen molar-refractivity contribution in [2.75, 3.05) is 11.9 Å². The highest BCUT2D eigenvalue weighted by Crippen LogP contribution is 2.17. The molecule has 172 valence electrons. The first kappa shape index (κ1) is 24.0. The van der Waals surface area contributed by atoms with Gasteiger partial charge in [0, 0.05) is 19.2 Å². The Morgan fingerprint density at radius 2 is 1.58 bits per heavy atom. The Labute approximate surface area is 194 Å². The second-order valence-corrected chi connectivity index (χ2v) is 9.47. The molecular formula is C25H27N3O4S. The van der Waals surface area contributed by atoms with E-state index in [1.807, 2.05) is 60.2 Å². The average Bonchev–Trinajstić information content (AvgIpc) is 2.78. The summed E-state index contributed by atoms with van der Waals surface area (Å²) in [6.07, 6.45) is 0.202. The van der Waals surface area contributed by atoms with E-state index < -0.39 is 22.1 Å². The number of carbonyl (C=O) groups excluding carboxylic acids is 2. The topological polar surface area (TPSA) is 95.6 Å². The molecule has 7 nitrogen and oxygen atoms in total. The molecule has 8 heteroatoms. The molecule has 0 aromatic heterocycles. The first-order valence-corrected chi connectivity index (χ1v) is 11.9. The van der Waals surface area contributed by atoms with Crippen molar-refractivity contribution in [3.63, 3.8) is 0 Å². The maximum absolute atomic E-state index is 13.3. The Kier molecular flexibility index (Phi) is 7.50. The number of sulfonamides is 1. The van der Waals surface area contributed by atoms with E-state index in [4.69, 9.17) is 0 Å². The molecule has 0 heterocycles. The standard InChI is InChI=1S/C25H27N3O4S/c1-18-10-9-14-21(16-18)28(3)24(29)22(17-20-12-5-4-6-13-20)26-25(30)27-33(31,32)23-15-8-7-11-19(23)2/h4-16,22H,17H2,1-3H3,(H2,26,27,30). The van der Waals surface area contributed by atoms with Crippen molar-refractivity contribution < 1.29 is 18.0 Å². The number of rotatable bonds is 7. The second-order valence-electron chi connectivity index (χ2n) is 7.82. The van der Waals surface area contributed by atoms with Gasteiger partial charge in [0.25, 0.3) is 10.0 Å². The molecule has 0 bridgehead atoms. The summed E-state index contributed by atoms with van der Waals surface area (Å²) in [4.78, 5) is 27.5. The maximum Gasteiger partial charge on any atom is 0.329 e. The fraction of sp³-hybridized carbons (Fsp3) is 0.200. The zero-order valence-electron chi connectivity index (χ0n) is 18.8. The number of carbonyl (C=O) groups is 2.